The molecule has 0 radical (unpaired) electrons. The van der Waals surface area contributed by atoms with E-state index in [-0.39, 0.29) is 6.54 Å². The Morgan fingerprint density at radius 2 is 1.66 bits per heavy atom. The number of nitrogens with one attached hydrogen (secondary N) is 2. The summed E-state index contributed by atoms with van der Waals surface area (Å²) in [5.41, 5.74) is 5.91. The zero-order valence-electron chi connectivity index (χ0n) is 18.2. The van der Waals surface area contributed by atoms with Crippen molar-refractivity contribution < 1.29 is 34.2 Å². The van der Waals surface area contributed by atoms with Crippen LogP contribution in [0.3, 0.4) is 0 Å². The van der Waals surface area contributed by atoms with Crippen LogP contribution in [-0.2, 0) is 24.0 Å². The molecule has 3 amide bonds. The molecule has 0 saturated carbocycles. The van der Waals surface area contributed by atoms with Crippen molar-refractivity contribution in [2.45, 2.75) is 56.3 Å². The van der Waals surface area contributed by atoms with Gasteiger partial charge in [0.15, 0.2) is 0 Å². The van der Waals surface area contributed by atoms with Gasteiger partial charge in [0.25, 0.3) is 0 Å². The fraction of sp³-hybridized carbons (Fsp3) is 0.737. The van der Waals surface area contributed by atoms with Crippen molar-refractivity contribution in [2.24, 2.45) is 5.73 Å². The maximum atomic E-state index is 13.2. The summed E-state index contributed by atoms with van der Waals surface area (Å²) < 4.78 is 0. The first kappa shape index (κ1) is 28.0. The van der Waals surface area contributed by atoms with Crippen LogP contribution < -0.4 is 16.4 Å². The number of carbonyl (C=O) groups excluding carboxylic acids is 3. The van der Waals surface area contributed by atoms with E-state index in [9.17, 15) is 24.0 Å². The zero-order valence-corrected chi connectivity index (χ0v) is 19.9. The molecule has 0 aromatic rings. The number of rotatable bonds is 14. The lowest BCUT2D eigenvalue weighted by molar-refractivity contribution is -0.148. The number of carboxylic acids is 2. The zero-order chi connectivity index (χ0) is 24.3. The van der Waals surface area contributed by atoms with Crippen molar-refractivity contribution in [1.82, 2.24) is 15.5 Å². The molecule has 182 valence electrons. The Hall–Kier alpha value is -1.99. The highest BCUT2D eigenvalue weighted by Gasteiger charge is 2.39. The molecule has 1 aliphatic heterocycles. The highest BCUT2D eigenvalue weighted by atomic mass is 32.2. The maximum Gasteiger partial charge on any atom is 0.326 e. The van der Waals surface area contributed by atoms with E-state index >= 15 is 0 Å². The van der Waals surface area contributed by atoms with Gasteiger partial charge in [0.1, 0.15) is 18.1 Å². The highest BCUT2D eigenvalue weighted by molar-refractivity contribution is 7.98. The standard InChI is InChI=1S/C19H32N4O7S2/c1-31-8-5-11(20)16(26)21-12(6-9-32-2)18(28)23-7-3-4-14(23)17(27)22-13(19(29)30)10-15(24)25/h11-14H,3-10,20H2,1-2H3,(H,21,26)(H,22,27)(H,24,25)(H,29,30)/t11-,12-,13-,14-/m0/s1. The molecule has 0 aliphatic carbocycles. The normalized spacial score (nSPS) is 18.5. The van der Waals surface area contributed by atoms with E-state index in [1.54, 1.807) is 11.8 Å². The van der Waals surface area contributed by atoms with Crippen LogP contribution >= 0.6 is 23.5 Å². The number of aliphatic carboxylic acids is 2. The smallest absolute Gasteiger partial charge is 0.326 e. The molecule has 1 heterocycles. The lowest BCUT2D eigenvalue weighted by atomic mass is 10.1. The minimum Gasteiger partial charge on any atom is -0.481 e. The van der Waals surface area contributed by atoms with E-state index in [4.69, 9.17) is 15.9 Å². The summed E-state index contributed by atoms with van der Waals surface area (Å²) in [5, 5.41) is 22.9. The Morgan fingerprint density at radius 3 is 2.22 bits per heavy atom. The lowest BCUT2D eigenvalue weighted by Gasteiger charge is -2.29. The quantitative estimate of drug-likeness (QED) is 0.209. The second kappa shape index (κ2) is 14.2. The van der Waals surface area contributed by atoms with Crippen molar-refractivity contribution in [3.05, 3.63) is 0 Å². The fourth-order valence-electron chi connectivity index (χ4n) is 3.29. The van der Waals surface area contributed by atoms with Crippen LogP contribution in [-0.4, -0.2) is 99.5 Å². The largest absolute Gasteiger partial charge is 0.481 e. The number of thioether (sulfide) groups is 2. The molecule has 1 aliphatic rings. The molecular weight excluding hydrogens is 460 g/mol. The molecular formula is C19H32N4O7S2. The van der Waals surface area contributed by atoms with E-state index in [0.717, 1.165) is 0 Å². The molecule has 0 spiro atoms. The van der Waals surface area contributed by atoms with Gasteiger partial charge in [-0.3, -0.25) is 19.2 Å². The molecule has 1 saturated heterocycles. The molecule has 6 N–H and O–H groups in total. The van der Waals surface area contributed by atoms with Gasteiger partial charge in [0.2, 0.25) is 17.7 Å². The number of nitrogens with zero attached hydrogens (tertiary/aromatic N) is 1. The van der Waals surface area contributed by atoms with Crippen LogP contribution in [0.1, 0.15) is 32.1 Å². The van der Waals surface area contributed by atoms with Crippen LogP contribution in [0, 0.1) is 0 Å². The number of amides is 3. The highest BCUT2D eigenvalue weighted by Crippen LogP contribution is 2.20. The summed E-state index contributed by atoms with van der Waals surface area (Å²) in [7, 11) is 0. The number of hydrogen-bond acceptors (Lipinski definition) is 8. The van der Waals surface area contributed by atoms with Gasteiger partial charge in [0.05, 0.1) is 12.5 Å². The number of hydrogen-bond donors (Lipinski definition) is 5. The van der Waals surface area contributed by atoms with E-state index in [1.807, 2.05) is 12.5 Å². The van der Waals surface area contributed by atoms with Gasteiger partial charge in [-0.2, -0.15) is 23.5 Å². The molecule has 1 rings (SSSR count). The summed E-state index contributed by atoms with van der Waals surface area (Å²) in [6.45, 7) is 0.276. The number of carbonyl (C=O) groups is 5. The Kier molecular flexibility index (Phi) is 12.5. The Labute approximate surface area is 195 Å². The second-order valence-electron chi connectivity index (χ2n) is 7.42. The molecule has 0 unspecified atom stereocenters. The number of likely N-dealkylation sites (tertiary alicyclic amines) is 1. The Morgan fingerprint density at radius 1 is 1.03 bits per heavy atom. The topological polar surface area (TPSA) is 179 Å². The van der Waals surface area contributed by atoms with Crippen molar-refractivity contribution in [1.29, 1.82) is 0 Å². The molecule has 13 heteroatoms. The average Bonchev–Trinajstić information content (AvgIpc) is 3.23. The molecule has 0 aromatic carbocycles. The molecule has 32 heavy (non-hydrogen) atoms. The monoisotopic (exact) mass is 492 g/mol. The van der Waals surface area contributed by atoms with Gasteiger partial charge in [0, 0.05) is 6.54 Å². The van der Waals surface area contributed by atoms with Crippen LogP contribution in [0.15, 0.2) is 0 Å². The van der Waals surface area contributed by atoms with Crippen LogP contribution in [0.5, 0.6) is 0 Å². The fourth-order valence-corrected chi connectivity index (χ4v) is 4.25. The van der Waals surface area contributed by atoms with Crippen molar-refractivity contribution in [3.8, 4) is 0 Å². The Balaban J connectivity index is 2.90. The van der Waals surface area contributed by atoms with Gasteiger partial charge in [-0.15, -0.1) is 0 Å². The molecule has 4 atom stereocenters. The van der Waals surface area contributed by atoms with Crippen LogP contribution in [0.4, 0.5) is 0 Å². The van der Waals surface area contributed by atoms with Crippen LogP contribution in [0.25, 0.3) is 0 Å². The summed E-state index contributed by atoms with van der Waals surface area (Å²) >= 11 is 3.07. The molecule has 0 aromatic heterocycles. The van der Waals surface area contributed by atoms with E-state index < -0.39 is 60.2 Å². The number of carboxylic acid groups (broad SMARTS) is 2. The van der Waals surface area contributed by atoms with Gasteiger partial charge in [-0.25, -0.2) is 4.79 Å². The first-order valence-electron chi connectivity index (χ1n) is 10.2. The third-order valence-electron chi connectivity index (χ3n) is 5.03. The summed E-state index contributed by atoms with van der Waals surface area (Å²) in [6, 6.07) is -4.15. The van der Waals surface area contributed by atoms with Crippen molar-refractivity contribution >= 4 is 53.2 Å². The third kappa shape index (κ3) is 8.87. The van der Waals surface area contributed by atoms with Gasteiger partial charge < -0.3 is 31.5 Å². The predicted molar refractivity (Wildman–Crippen MR) is 122 cm³/mol. The van der Waals surface area contributed by atoms with Gasteiger partial charge in [-0.1, -0.05) is 0 Å². The van der Waals surface area contributed by atoms with E-state index in [1.165, 1.54) is 16.7 Å². The number of nitrogens with two attached hydrogens (primary N) is 1. The second-order valence-corrected chi connectivity index (χ2v) is 9.39. The molecule has 0 bridgehead atoms. The maximum absolute atomic E-state index is 13.2. The van der Waals surface area contributed by atoms with Crippen LogP contribution in [0.2, 0.25) is 0 Å². The van der Waals surface area contributed by atoms with Crippen molar-refractivity contribution in [3.63, 3.8) is 0 Å². The van der Waals surface area contributed by atoms with Crippen molar-refractivity contribution in [2.75, 3.05) is 30.6 Å². The minimum absolute atomic E-state index is 0.276. The molecule has 11 nitrogen and oxygen atoms in total. The van der Waals surface area contributed by atoms with Gasteiger partial charge in [-0.05, 0) is 49.7 Å². The summed E-state index contributed by atoms with van der Waals surface area (Å²) in [6.07, 6.45) is 4.65. The Bertz CT molecular complexity index is 695. The van der Waals surface area contributed by atoms with E-state index in [0.29, 0.717) is 37.2 Å². The van der Waals surface area contributed by atoms with Gasteiger partial charge >= 0.3 is 11.9 Å². The average molecular weight is 493 g/mol. The third-order valence-corrected chi connectivity index (χ3v) is 6.31. The molecule has 1 fully saturated rings. The predicted octanol–water partition coefficient (Wildman–Crippen LogP) is -0.660. The summed E-state index contributed by atoms with van der Waals surface area (Å²) in [5.74, 6) is -3.14. The minimum atomic E-state index is -1.60. The van der Waals surface area contributed by atoms with E-state index in [2.05, 4.69) is 10.6 Å². The lowest BCUT2D eigenvalue weighted by Crippen LogP contribution is -2.57. The SMILES string of the molecule is CSCC[C@H](NC(=O)[C@@H](N)CCSC)C(=O)N1CCC[C@H]1C(=O)N[C@@H](CC(=O)O)C(=O)O. The first-order valence-corrected chi connectivity index (χ1v) is 13.0. The first-order chi connectivity index (χ1) is 15.1. The summed E-state index contributed by atoms with van der Waals surface area (Å²) in [4.78, 5) is 61.8.